The van der Waals surface area contributed by atoms with Crippen LogP contribution in [0.3, 0.4) is 0 Å². The van der Waals surface area contributed by atoms with Gasteiger partial charge in [0.15, 0.2) is 5.78 Å². The van der Waals surface area contributed by atoms with Gasteiger partial charge in [-0.1, -0.05) is 72.8 Å². The summed E-state index contributed by atoms with van der Waals surface area (Å²) in [4.78, 5) is 12.6. The second-order valence-corrected chi connectivity index (χ2v) is 5.59. The van der Waals surface area contributed by atoms with Crippen LogP contribution in [-0.2, 0) is 0 Å². The monoisotopic (exact) mass is 313 g/mol. The van der Waals surface area contributed by atoms with Crippen LogP contribution in [0.25, 0.3) is 5.70 Å². The van der Waals surface area contributed by atoms with Gasteiger partial charge in [0.05, 0.1) is 0 Å². The highest BCUT2D eigenvalue weighted by Gasteiger charge is 2.09. The fourth-order valence-electron chi connectivity index (χ4n) is 2.55. The highest BCUT2D eigenvalue weighted by Crippen LogP contribution is 2.22. The molecule has 3 aromatic carbocycles. The number of hydrogen-bond donors (Lipinski definition) is 1. The van der Waals surface area contributed by atoms with E-state index in [1.165, 1.54) is 0 Å². The molecule has 0 aromatic heterocycles. The minimum absolute atomic E-state index is 0.0164. The Balaban J connectivity index is 2.00. The van der Waals surface area contributed by atoms with Crippen LogP contribution in [0.5, 0.6) is 0 Å². The van der Waals surface area contributed by atoms with Crippen LogP contribution in [0, 0.1) is 6.92 Å². The van der Waals surface area contributed by atoms with Crippen molar-refractivity contribution in [3.8, 4) is 0 Å². The maximum atomic E-state index is 12.6. The molecule has 0 aliphatic heterocycles. The van der Waals surface area contributed by atoms with Gasteiger partial charge in [-0.05, 0) is 24.6 Å². The third-order valence-electron chi connectivity index (χ3n) is 3.82. The molecule has 0 unspecified atom stereocenters. The molecule has 0 bridgehead atoms. The van der Waals surface area contributed by atoms with Crippen LogP contribution in [0.1, 0.15) is 21.5 Å². The number of allylic oxidation sites excluding steroid dienone is 1. The van der Waals surface area contributed by atoms with Gasteiger partial charge in [-0.25, -0.2) is 0 Å². The van der Waals surface area contributed by atoms with Crippen molar-refractivity contribution in [2.45, 2.75) is 6.92 Å². The van der Waals surface area contributed by atoms with Gasteiger partial charge in [-0.15, -0.1) is 0 Å². The van der Waals surface area contributed by atoms with Crippen molar-refractivity contribution >= 4 is 17.2 Å². The predicted molar refractivity (Wildman–Crippen MR) is 100.0 cm³/mol. The van der Waals surface area contributed by atoms with E-state index in [2.05, 4.69) is 5.32 Å². The normalized spacial score (nSPS) is 11.1. The number of rotatable bonds is 5. The average Bonchev–Trinajstić information content (AvgIpc) is 2.63. The topological polar surface area (TPSA) is 29.1 Å². The Kier molecular flexibility index (Phi) is 4.87. The Hall–Kier alpha value is -3.13. The summed E-state index contributed by atoms with van der Waals surface area (Å²) < 4.78 is 0. The van der Waals surface area contributed by atoms with E-state index >= 15 is 0 Å². The molecular weight excluding hydrogens is 294 g/mol. The quantitative estimate of drug-likeness (QED) is 0.509. The first-order chi connectivity index (χ1) is 11.7. The number of ketones is 1. The van der Waals surface area contributed by atoms with Gasteiger partial charge in [0.1, 0.15) is 0 Å². The number of carbonyl (C=O) groups excluding carboxylic acids is 1. The molecule has 2 heteroatoms. The highest BCUT2D eigenvalue weighted by atomic mass is 16.1. The zero-order chi connectivity index (χ0) is 16.8. The molecule has 0 aliphatic rings. The van der Waals surface area contributed by atoms with Crippen molar-refractivity contribution in [3.63, 3.8) is 0 Å². The van der Waals surface area contributed by atoms with Crippen LogP contribution in [0.15, 0.2) is 91.0 Å². The Morgan fingerprint density at radius 3 is 2.04 bits per heavy atom. The lowest BCUT2D eigenvalue weighted by Crippen LogP contribution is -2.04. The Morgan fingerprint density at radius 2 is 1.38 bits per heavy atom. The van der Waals surface area contributed by atoms with Crippen LogP contribution in [0.4, 0.5) is 5.69 Å². The van der Waals surface area contributed by atoms with E-state index in [1.54, 1.807) is 6.08 Å². The Morgan fingerprint density at radius 1 is 0.792 bits per heavy atom. The van der Waals surface area contributed by atoms with E-state index in [-0.39, 0.29) is 5.78 Å². The fraction of sp³-hybridized carbons (Fsp3) is 0.0455. The molecule has 3 aromatic rings. The predicted octanol–water partition coefficient (Wildman–Crippen LogP) is 5.33. The molecular formula is C22H19NO. The highest BCUT2D eigenvalue weighted by molar-refractivity contribution is 6.09. The Labute approximate surface area is 142 Å². The lowest BCUT2D eigenvalue weighted by molar-refractivity contribution is 0.104. The number of para-hydroxylation sites is 1. The lowest BCUT2D eigenvalue weighted by atomic mass is 10.0. The van der Waals surface area contributed by atoms with E-state index in [4.69, 9.17) is 0 Å². The molecule has 2 nitrogen and oxygen atoms in total. The fourth-order valence-corrected chi connectivity index (χ4v) is 2.55. The van der Waals surface area contributed by atoms with Crippen molar-refractivity contribution in [1.29, 1.82) is 0 Å². The summed E-state index contributed by atoms with van der Waals surface area (Å²) in [5.41, 5.74) is 4.57. The van der Waals surface area contributed by atoms with Crippen molar-refractivity contribution in [2.24, 2.45) is 0 Å². The number of carbonyl (C=O) groups is 1. The number of nitrogens with one attached hydrogen (secondary N) is 1. The number of hydrogen-bond acceptors (Lipinski definition) is 2. The number of anilines is 1. The smallest absolute Gasteiger partial charge is 0.187 e. The molecule has 0 radical (unpaired) electrons. The van der Waals surface area contributed by atoms with Crippen molar-refractivity contribution in [3.05, 3.63) is 108 Å². The van der Waals surface area contributed by atoms with E-state index in [9.17, 15) is 4.79 Å². The summed E-state index contributed by atoms with van der Waals surface area (Å²) in [6, 6.07) is 27.2. The first kappa shape index (κ1) is 15.8. The standard InChI is InChI=1S/C22H19NO/c1-17-10-8-9-15-20(17)21(23-19-13-6-3-7-14-19)16-22(24)18-11-4-2-5-12-18/h2-16,23H,1H3. The molecule has 0 amide bonds. The zero-order valence-corrected chi connectivity index (χ0v) is 13.6. The summed E-state index contributed by atoms with van der Waals surface area (Å²) >= 11 is 0. The molecule has 0 spiro atoms. The maximum Gasteiger partial charge on any atom is 0.187 e. The van der Waals surface area contributed by atoms with Gasteiger partial charge >= 0.3 is 0 Å². The van der Waals surface area contributed by atoms with Crippen LogP contribution < -0.4 is 5.32 Å². The lowest BCUT2D eigenvalue weighted by Gasteiger charge is -2.14. The molecule has 0 aliphatic carbocycles. The average molecular weight is 313 g/mol. The summed E-state index contributed by atoms with van der Waals surface area (Å²) in [7, 11) is 0. The van der Waals surface area contributed by atoms with E-state index < -0.39 is 0 Å². The molecule has 24 heavy (non-hydrogen) atoms. The van der Waals surface area contributed by atoms with Gasteiger partial charge in [-0.3, -0.25) is 4.79 Å². The molecule has 0 atom stereocenters. The molecule has 3 rings (SSSR count). The summed E-state index contributed by atoms with van der Waals surface area (Å²) in [5.74, 6) is -0.0164. The first-order valence-electron chi connectivity index (χ1n) is 7.93. The third kappa shape index (κ3) is 3.79. The van der Waals surface area contributed by atoms with Gasteiger partial charge in [-0.2, -0.15) is 0 Å². The minimum Gasteiger partial charge on any atom is -0.355 e. The van der Waals surface area contributed by atoms with Crippen LogP contribution in [0.2, 0.25) is 0 Å². The molecule has 0 saturated heterocycles. The summed E-state index contributed by atoms with van der Waals surface area (Å²) in [6.45, 7) is 2.04. The van der Waals surface area contributed by atoms with Crippen molar-refractivity contribution < 1.29 is 4.79 Å². The minimum atomic E-state index is -0.0164. The van der Waals surface area contributed by atoms with Gasteiger partial charge in [0.25, 0.3) is 0 Å². The van der Waals surface area contributed by atoms with Gasteiger partial charge < -0.3 is 5.32 Å². The summed E-state index contributed by atoms with van der Waals surface area (Å²) in [5, 5.41) is 3.38. The van der Waals surface area contributed by atoms with Crippen LogP contribution >= 0.6 is 0 Å². The van der Waals surface area contributed by atoms with E-state index in [1.807, 2.05) is 91.9 Å². The molecule has 118 valence electrons. The Bertz CT molecular complexity index is 851. The molecule has 0 fully saturated rings. The first-order valence-corrected chi connectivity index (χ1v) is 7.93. The number of aryl methyl sites for hydroxylation is 1. The molecule has 0 heterocycles. The molecule has 0 saturated carbocycles. The second kappa shape index (κ2) is 7.42. The van der Waals surface area contributed by atoms with Gasteiger partial charge in [0.2, 0.25) is 0 Å². The van der Waals surface area contributed by atoms with E-state index in [0.29, 0.717) is 5.56 Å². The van der Waals surface area contributed by atoms with Crippen molar-refractivity contribution in [2.75, 3.05) is 5.32 Å². The zero-order valence-electron chi connectivity index (χ0n) is 13.6. The van der Waals surface area contributed by atoms with Crippen molar-refractivity contribution in [1.82, 2.24) is 0 Å². The maximum absolute atomic E-state index is 12.6. The van der Waals surface area contributed by atoms with Gasteiger partial charge in [0, 0.05) is 28.6 Å². The SMILES string of the molecule is Cc1ccccc1C(=CC(=O)c1ccccc1)Nc1ccccc1. The third-order valence-corrected chi connectivity index (χ3v) is 3.82. The number of benzene rings is 3. The second-order valence-electron chi connectivity index (χ2n) is 5.59. The summed E-state index contributed by atoms with van der Waals surface area (Å²) in [6.07, 6.45) is 1.67. The van der Waals surface area contributed by atoms with Crippen LogP contribution in [-0.4, -0.2) is 5.78 Å². The largest absolute Gasteiger partial charge is 0.355 e. The molecule has 1 N–H and O–H groups in total. The van der Waals surface area contributed by atoms with E-state index in [0.717, 1.165) is 22.5 Å².